The van der Waals surface area contributed by atoms with Crippen molar-refractivity contribution in [3.05, 3.63) is 76.2 Å². The molecule has 9 unspecified atom stereocenters. The van der Waals surface area contributed by atoms with Crippen molar-refractivity contribution in [1.82, 2.24) is 5.32 Å². The number of nitrogens with one attached hydrogen (secondary N) is 1. The number of Topliss-reactive ketones (excluding diaryl/α,β-unsaturated/α-hetero) is 2. The Morgan fingerprint density at radius 1 is 0.959 bits per heavy atom. The van der Waals surface area contributed by atoms with Gasteiger partial charge in [-0.1, -0.05) is 45.9 Å². The highest BCUT2D eigenvalue weighted by atomic mass is 16.7. The summed E-state index contributed by atoms with van der Waals surface area (Å²) in [5.41, 5.74) is 0.0858. The van der Waals surface area contributed by atoms with E-state index >= 15 is 0 Å². The summed E-state index contributed by atoms with van der Waals surface area (Å²) in [6.45, 7) is 12.7. The molecule has 264 valence electrons. The first-order valence-electron chi connectivity index (χ1n) is 16.2. The lowest BCUT2D eigenvalue weighted by Crippen LogP contribution is -2.46. The molecule has 5 bridgehead atoms. The number of ether oxygens (including phenoxy) is 4. The third kappa shape index (κ3) is 7.31. The molecular weight excluding hydrogens is 634 g/mol. The number of esters is 1. The van der Waals surface area contributed by atoms with Crippen molar-refractivity contribution < 1.29 is 53.1 Å². The van der Waals surface area contributed by atoms with Gasteiger partial charge in [0.1, 0.15) is 11.9 Å². The van der Waals surface area contributed by atoms with Gasteiger partial charge in [0.15, 0.2) is 5.78 Å². The molecule has 0 spiro atoms. The number of methoxy groups -OCH3 is 1. The van der Waals surface area contributed by atoms with Crippen LogP contribution in [-0.4, -0.2) is 76.8 Å². The van der Waals surface area contributed by atoms with E-state index < -0.39 is 83.1 Å². The number of allylic oxidation sites excluding steroid dienone is 4. The van der Waals surface area contributed by atoms with Gasteiger partial charge in [-0.15, -0.1) is 0 Å². The second-order valence-electron chi connectivity index (χ2n) is 13.3. The van der Waals surface area contributed by atoms with Crippen molar-refractivity contribution in [1.29, 1.82) is 0 Å². The Hall–Kier alpha value is -4.39. The summed E-state index contributed by atoms with van der Waals surface area (Å²) < 4.78 is 23.2. The number of carbonyl (C=O) groups excluding carboxylic acids is 5. The number of hydrogen-bond donors (Lipinski definition) is 3. The van der Waals surface area contributed by atoms with E-state index in [-0.39, 0.29) is 33.7 Å². The SMILES string of the molecule is COC1C=COC2(C)Oc3c(C)cc4c(c3C2=O)C(=O)C=C(NC(=O)C(C)=CC=CC(C)C(O)C(C)C(O)C(C)C(OC(C)=O)C1C)C4=O. The molecule has 0 saturated heterocycles. The topological polar surface area (TPSA) is 175 Å². The monoisotopic (exact) mass is 679 g/mol. The number of ketones is 3. The van der Waals surface area contributed by atoms with E-state index in [2.05, 4.69) is 5.32 Å². The van der Waals surface area contributed by atoms with Crippen LogP contribution in [0.15, 0.2) is 54.0 Å². The third-order valence-corrected chi connectivity index (χ3v) is 9.62. The van der Waals surface area contributed by atoms with Crippen molar-refractivity contribution >= 4 is 29.2 Å². The van der Waals surface area contributed by atoms with E-state index in [4.69, 9.17) is 18.9 Å². The predicted molar refractivity (Wildman–Crippen MR) is 178 cm³/mol. The third-order valence-electron chi connectivity index (χ3n) is 9.62. The maximum atomic E-state index is 13.8. The fraction of sp³-hybridized carbons (Fsp3) is 0.486. The number of aryl methyl sites for hydroxylation is 1. The highest BCUT2D eigenvalue weighted by molar-refractivity contribution is 6.29. The maximum absolute atomic E-state index is 13.8. The first kappa shape index (κ1) is 37.4. The zero-order chi connectivity index (χ0) is 36.5. The Morgan fingerprint density at radius 2 is 1.63 bits per heavy atom. The Morgan fingerprint density at radius 3 is 2.27 bits per heavy atom. The molecule has 12 heteroatoms. The minimum Gasteiger partial charge on any atom is -0.462 e. The minimum atomic E-state index is -1.91. The van der Waals surface area contributed by atoms with E-state index in [1.54, 1.807) is 46.8 Å². The first-order valence-corrected chi connectivity index (χ1v) is 16.2. The Bertz CT molecular complexity index is 1670. The zero-order valence-corrected chi connectivity index (χ0v) is 29.2. The number of hydrogen-bond acceptors (Lipinski definition) is 11. The number of aliphatic hydroxyl groups excluding tert-OH is 2. The molecule has 1 aliphatic carbocycles. The molecule has 49 heavy (non-hydrogen) atoms. The average Bonchev–Trinajstić information content (AvgIpc) is 3.32. The number of carbonyl (C=O) groups is 5. The van der Waals surface area contributed by atoms with Crippen molar-refractivity contribution in [3.63, 3.8) is 0 Å². The summed E-state index contributed by atoms with van der Waals surface area (Å²) in [5.74, 6) is -7.34. The van der Waals surface area contributed by atoms with Gasteiger partial charge in [-0.2, -0.15) is 0 Å². The van der Waals surface area contributed by atoms with E-state index in [1.165, 1.54) is 52.4 Å². The van der Waals surface area contributed by atoms with Gasteiger partial charge in [-0.3, -0.25) is 24.0 Å². The normalized spacial score (nSPS) is 32.6. The Labute approximate surface area is 285 Å². The highest BCUT2D eigenvalue weighted by Crippen LogP contribution is 2.43. The van der Waals surface area contributed by atoms with Gasteiger partial charge in [0.2, 0.25) is 5.78 Å². The molecular formula is C37H45NO11. The van der Waals surface area contributed by atoms with Crippen molar-refractivity contribution in [2.45, 2.75) is 85.6 Å². The van der Waals surface area contributed by atoms with E-state index in [0.717, 1.165) is 6.08 Å². The lowest BCUT2D eigenvalue weighted by molar-refractivity contribution is -0.160. The van der Waals surface area contributed by atoms with Crippen molar-refractivity contribution in [2.24, 2.45) is 23.7 Å². The molecule has 0 fully saturated rings. The van der Waals surface area contributed by atoms with Crippen LogP contribution in [0.25, 0.3) is 0 Å². The van der Waals surface area contributed by atoms with Crippen molar-refractivity contribution in [2.75, 3.05) is 7.11 Å². The van der Waals surface area contributed by atoms with Crippen LogP contribution in [0, 0.1) is 30.6 Å². The summed E-state index contributed by atoms with van der Waals surface area (Å²) in [6.07, 6.45) is 4.74. The lowest BCUT2D eigenvalue weighted by Gasteiger charge is -2.38. The van der Waals surface area contributed by atoms with Crippen LogP contribution in [0.4, 0.5) is 0 Å². The van der Waals surface area contributed by atoms with Gasteiger partial charge < -0.3 is 34.5 Å². The molecule has 0 aromatic heterocycles. The van der Waals surface area contributed by atoms with Crippen LogP contribution in [-0.2, 0) is 23.8 Å². The quantitative estimate of drug-likeness (QED) is 0.387. The molecule has 0 radical (unpaired) electrons. The van der Waals surface area contributed by atoms with Gasteiger partial charge >= 0.3 is 11.8 Å². The summed E-state index contributed by atoms with van der Waals surface area (Å²) >= 11 is 0. The second kappa shape index (κ2) is 14.6. The van der Waals surface area contributed by atoms with E-state index in [1.807, 2.05) is 0 Å². The van der Waals surface area contributed by atoms with Crippen LogP contribution in [0.5, 0.6) is 5.75 Å². The maximum Gasteiger partial charge on any atom is 0.312 e. The molecule has 1 aromatic carbocycles. The van der Waals surface area contributed by atoms with Gasteiger partial charge in [0.25, 0.3) is 11.7 Å². The molecule has 1 aromatic rings. The fourth-order valence-electron chi connectivity index (χ4n) is 6.56. The molecule has 0 saturated carbocycles. The summed E-state index contributed by atoms with van der Waals surface area (Å²) in [7, 11) is 1.44. The van der Waals surface area contributed by atoms with Crippen molar-refractivity contribution in [3.8, 4) is 5.75 Å². The standard InChI is InChI=1S/C37H45NO11/c1-17-11-10-12-18(2)36(45)38-25-16-26(40)28-24(32(25)43)15-19(3)33-29(28)35(44)37(8,49-33)47-14-13-27(46-9)20(4)34(48-23(7)39)22(6)31(42)21(5)30(17)41/h10-17,20-22,27,30-31,34,41-42H,1-9H3,(H,38,45). The molecule has 1 amide bonds. The van der Waals surface area contributed by atoms with Crippen LogP contribution in [0.2, 0.25) is 0 Å². The second-order valence-corrected chi connectivity index (χ2v) is 13.3. The first-order chi connectivity index (χ1) is 22.9. The van der Waals surface area contributed by atoms with E-state index in [0.29, 0.717) is 5.56 Å². The van der Waals surface area contributed by atoms with Crippen LogP contribution in [0.1, 0.15) is 85.1 Å². The smallest absolute Gasteiger partial charge is 0.312 e. The van der Waals surface area contributed by atoms with Crippen LogP contribution in [0.3, 0.4) is 0 Å². The molecule has 3 aliphatic heterocycles. The largest absolute Gasteiger partial charge is 0.462 e. The number of benzene rings is 1. The molecule has 4 aliphatic rings. The predicted octanol–water partition coefficient (Wildman–Crippen LogP) is 3.92. The number of amides is 1. The minimum absolute atomic E-state index is 0.0511. The van der Waals surface area contributed by atoms with E-state index in [9.17, 15) is 34.2 Å². The highest BCUT2D eigenvalue weighted by Gasteiger charge is 2.50. The van der Waals surface area contributed by atoms with Gasteiger partial charge in [0.05, 0.1) is 35.8 Å². The Kier molecular flexibility index (Phi) is 11.2. The molecule has 12 nitrogen and oxygen atoms in total. The lowest BCUT2D eigenvalue weighted by atomic mass is 9.78. The zero-order valence-electron chi connectivity index (χ0n) is 29.2. The fourth-order valence-corrected chi connectivity index (χ4v) is 6.56. The number of rotatable bonds is 2. The van der Waals surface area contributed by atoms with Gasteiger partial charge in [-0.05, 0) is 31.6 Å². The molecule has 5 rings (SSSR count). The summed E-state index contributed by atoms with van der Waals surface area (Å²) in [5, 5.41) is 25.0. The van der Waals surface area contributed by atoms with Gasteiger partial charge in [-0.25, -0.2) is 0 Å². The molecule has 9 atom stereocenters. The number of fused-ring (bicyclic) bond motifs is 14. The average molecular weight is 680 g/mol. The summed E-state index contributed by atoms with van der Waals surface area (Å²) in [4.78, 5) is 66.1. The summed E-state index contributed by atoms with van der Waals surface area (Å²) in [6, 6.07) is 1.44. The Balaban J connectivity index is 1.80. The van der Waals surface area contributed by atoms with Gasteiger partial charge in [0, 0.05) is 67.4 Å². The molecule has 3 N–H and O–H groups in total. The van der Waals surface area contributed by atoms with Crippen LogP contribution >= 0.6 is 0 Å². The molecule has 3 heterocycles. The van der Waals surface area contributed by atoms with Crippen LogP contribution < -0.4 is 10.1 Å². The number of aliphatic hydroxyl groups is 2.